The Morgan fingerprint density at radius 3 is 1.92 bits per heavy atom. The van der Waals surface area contributed by atoms with Crippen LogP contribution in [0.5, 0.6) is 34.5 Å². The van der Waals surface area contributed by atoms with Crippen LogP contribution < -0.4 is 34.7 Å². The predicted octanol–water partition coefficient (Wildman–Crippen LogP) is 5.00. The normalized spacial score (nSPS) is 10.9. The highest BCUT2D eigenvalue weighted by molar-refractivity contribution is 6.05. The molecular formula is C28H30N2O7. The highest BCUT2D eigenvalue weighted by Crippen LogP contribution is 2.39. The molecule has 0 aliphatic heterocycles. The van der Waals surface area contributed by atoms with Gasteiger partial charge in [0.2, 0.25) is 5.75 Å². The second kappa shape index (κ2) is 12.3. The first-order valence-electron chi connectivity index (χ1n) is 11.1. The first-order chi connectivity index (χ1) is 17.8. The van der Waals surface area contributed by atoms with E-state index in [0.717, 1.165) is 5.56 Å². The third kappa shape index (κ3) is 6.26. The summed E-state index contributed by atoms with van der Waals surface area (Å²) < 4.78 is 26.6. The number of benzene rings is 3. The van der Waals surface area contributed by atoms with Crippen LogP contribution in [0.25, 0.3) is 12.2 Å². The lowest BCUT2D eigenvalue weighted by molar-refractivity contribution is 0.104. The summed E-state index contributed by atoms with van der Waals surface area (Å²) >= 11 is 0. The van der Waals surface area contributed by atoms with E-state index < -0.39 is 0 Å². The van der Waals surface area contributed by atoms with Gasteiger partial charge in [0.15, 0.2) is 28.8 Å². The summed E-state index contributed by atoms with van der Waals surface area (Å²) in [5.41, 5.74) is 8.61. The van der Waals surface area contributed by atoms with Gasteiger partial charge in [-0.05, 0) is 53.6 Å². The first kappa shape index (κ1) is 26.8. The molecule has 0 aromatic heterocycles. The van der Waals surface area contributed by atoms with E-state index in [1.807, 2.05) is 6.08 Å². The number of ether oxygens (including phenoxy) is 5. The zero-order valence-electron chi connectivity index (χ0n) is 21.3. The summed E-state index contributed by atoms with van der Waals surface area (Å²) in [6.45, 7) is 0. The number of phenols is 1. The number of nitrogens with one attached hydrogen (secondary N) is 1. The molecule has 0 atom stereocenters. The molecule has 0 aliphatic carbocycles. The number of hydrogen-bond donors (Lipinski definition) is 3. The second-order valence-electron chi connectivity index (χ2n) is 7.71. The molecule has 4 N–H and O–H groups in total. The van der Waals surface area contributed by atoms with Gasteiger partial charge in [0.25, 0.3) is 0 Å². The lowest BCUT2D eigenvalue weighted by atomic mass is 10.1. The number of anilines is 2. The van der Waals surface area contributed by atoms with Gasteiger partial charge in [-0.3, -0.25) is 4.79 Å². The van der Waals surface area contributed by atoms with Crippen LogP contribution in [-0.4, -0.2) is 46.4 Å². The number of nitrogens with two attached hydrogens (primary N) is 1. The van der Waals surface area contributed by atoms with E-state index in [1.54, 1.807) is 69.9 Å². The van der Waals surface area contributed by atoms with E-state index >= 15 is 0 Å². The molecule has 0 unspecified atom stereocenters. The van der Waals surface area contributed by atoms with Gasteiger partial charge < -0.3 is 39.8 Å². The summed E-state index contributed by atoms with van der Waals surface area (Å²) in [4.78, 5) is 12.5. The number of methoxy groups -OCH3 is 5. The van der Waals surface area contributed by atoms with Crippen molar-refractivity contribution in [3.8, 4) is 34.5 Å². The Hall–Kier alpha value is -4.79. The van der Waals surface area contributed by atoms with Gasteiger partial charge >= 0.3 is 0 Å². The van der Waals surface area contributed by atoms with Gasteiger partial charge in [-0.25, -0.2) is 0 Å². The second-order valence-corrected chi connectivity index (χ2v) is 7.71. The molecule has 0 aliphatic rings. The van der Waals surface area contributed by atoms with Crippen LogP contribution >= 0.6 is 0 Å². The molecule has 3 aromatic rings. The summed E-state index contributed by atoms with van der Waals surface area (Å²) in [6.07, 6.45) is 6.46. The minimum atomic E-state index is -0.261. The largest absolute Gasteiger partial charge is 0.504 e. The molecule has 0 heterocycles. The number of carbonyl (C=O) groups is 1. The van der Waals surface area contributed by atoms with Gasteiger partial charge in [0.1, 0.15) is 5.75 Å². The average Bonchev–Trinajstić information content (AvgIpc) is 2.90. The fourth-order valence-electron chi connectivity index (χ4n) is 3.63. The fraction of sp³-hybridized carbons (Fsp3) is 0.179. The number of phenolic OH excluding ortho intramolecular Hbond substituents is 1. The lowest BCUT2D eigenvalue weighted by Gasteiger charge is -2.13. The number of carbonyl (C=O) groups excluding carboxylic acids is 1. The van der Waals surface area contributed by atoms with Crippen LogP contribution in [0.4, 0.5) is 11.4 Å². The number of ketones is 1. The van der Waals surface area contributed by atoms with Crippen molar-refractivity contribution in [1.82, 2.24) is 0 Å². The van der Waals surface area contributed by atoms with Crippen molar-refractivity contribution < 1.29 is 33.6 Å². The van der Waals surface area contributed by atoms with Crippen LogP contribution in [0, 0.1) is 0 Å². The molecule has 3 aromatic carbocycles. The molecule has 0 fully saturated rings. The third-order valence-corrected chi connectivity index (χ3v) is 5.44. The van der Waals surface area contributed by atoms with Gasteiger partial charge in [-0.2, -0.15) is 0 Å². The van der Waals surface area contributed by atoms with E-state index in [1.165, 1.54) is 26.5 Å². The van der Waals surface area contributed by atoms with Crippen molar-refractivity contribution in [3.63, 3.8) is 0 Å². The zero-order chi connectivity index (χ0) is 26.9. The molecule has 0 bridgehead atoms. The van der Waals surface area contributed by atoms with Gasteiger partial charge in [0, 0.05) is 17.8 Å². The maximum absolute atomic E-state index is 12.5. The molecule has 37 heavy (non-hydrogen) atoms. The molecule has 0 saturated carbocycles. The fourth-order valence-corrected chi connectivity index (χ4v) is 3.63. The Labute approximate surface area is 215 Å². The molecular weight excluding hydrogens is 476 g/mol. The Morgan fingerprint density at radius 2 is 1.38 bits per heavy atom. The SMILES string of the molecule is COc1ccc(C(=O)C=CNc2cc(C=Cc3cc(OC)c(OC)c(OC)c3)cc(O)c2OC)cc1N. The minimum absolute atomic E-state index is 0.0697. The van der Waals surface area contributed by atoms with Crippen LogP contribution in [0.1, 0.15) is 21.5 Å². The van der Waals surface area contributed by atoms with Crippen LogP contribution in [0.2, 0.25) is 0 Å². The van der Waals surface area contributed by atoms with Crippen molar-refractivity contribution in [2.45, 2.75) is 0 Å². The summed E-state index contributed by atoms with van der Waals surface area (Å²) in [5.74, 6) is 1.94. The molecule has 0 saturated heterocycles. The van der Waals surface area contributed by atoms with Crippen molar-refractivity contribution in [2.75, 3.05) is 46.6 Å². The molecule has 0 amide bonds. The van der Waals surface area contributed by atoms with Crippen molar-refractivity contribution in [1.29, 1.82) is 0 Å². The van der Waals surface area contributed by atoms with Crippen LogP contribution in [0.3, 0.4) is 0 Å². The Balaban J connectivity index is 1.84. The number of hydrogen-bond acceptors (Lipinski definition) is 9. The topological polar surface area (TPSA) is 122 Å². The maximum atomic E-state index is 12.5. The maximum Gasteiger partial charge on any atom is 0.203 e. The zero-order valence-corrected chi connectivity index (χ0v) is 21.3. The van der Waals surface area contributed by atoms with Crippen molar-refractivity contribution in [3.05, 3.63) is 71.4 Å². The van der Waals surface area contributed by atoms with E-state index in [2.05, 4.69) is 5.32 Å². The van der Waals surface area contributed by atoms with E-state index in [-0.39, 0.29) is 17.3 Å². The quantitative estimate of drug-likeness (QED) is 0.143. The number of allylic oxidation sites excluding steroid dienone is 1. The smallest absolute Gasteiger partial charge is 0.203 e. The standard InChI is InChI=1S/C28H30N2O7/c1-33-24-9-8-19(16-20(24)29)22(31)10-11-30-21-12-17(13-23(32)27(21)36-4)6-7-18-14-25(34-2)28(37-5)26(15-18)35-3/h6-16,30,32H,29H2,1-5H3. The highest BCUT2D eigenvalue weighted by Gasteiger charge is 2.13. The monoisotopic (exact) mass is 506 g/mol. The molecule has 9 heteroatoms. The third-order valence-electron chi connectivity index (χ3n) is 5.44. The molecule has 3 rings (SSSR count). The molecule has 194 valence electrons. The Morgan fingerprint density at radius 1 is 0.784 bits per heavy atom. The number of nitrogen functional groups attached to an aromatic ring is 1. The highest BCUT2D eigenvalue weighted by atomic mass is 16.5. The summed E-state index contributed by atoms with van der Waals surface area (Å²) in [6, 6.07) is 11.8. The number of aromatic hydroxyl groups is 1. The lowest BCUT2D eigenvalue weighted by Crippen LogP contribution is -2.00. The van der Waals surface area contributed by atoms with Crippen LogP contribution in [0.15, 0.2) is 54.7 Å². The van der Waals surface area contributed by atoms with Crippen LogP contribution in [-0.2, 0) is 0 Å². The van der Waals surface area contributed by atoms with E-state index in [4.69, 9.17) is 29.4 Å². The van der Waals surface area contributed by atoms with E-state index in [0.29, 0.717) is 45.5 Å². The predicted molar refractivity (Wildman–Crippen MR) is 144 cm³/mol. The van der Waals surface area contributed by atoms with Gasteiger partial charge in [-0.15, -0.1) is 0 Å². The average molecular weight is 507 g/mol. The minimum Gasteiger partial charge on any atom is -0.504 e. The van der Waals surface area contributed by atoms with Crippen molar-refractivity contribution >= 4 is 29.3 Å². The molecule has 0 radical (unpaired) electrons. The molecule has 9 nitrogen and oxygen atoms in total. The van der Waals surface area contributed by atoms with Gasteiger partial charge in [0.05, 0.1) is 46.9 Å². The number of rotatable bonds is 11. The van der Waals surface area contributed by atoms with Crippen molar-refractivity contribution in [2.24, 2.45) is 0 Å². The summed E-state index contributed by atoms with van der Waals surface area (Å²) in [5, 5.41) is 13.5. The first-order valence-corrected chi connectivity index (χ1v) is 11.1. The van der Waals surface area contributed by atoms with E-state index in [9.17, 15) is 9.90 Å². The molecule has 0 spiro atoms. The van der Waals surface area contributed by atoms with Gasteiger partial charge in [-0.1, -0.05) is 12.2 Å². The Kier molecular flexibility index (Phi) is 8.88. The Bertz CT molecular complexity index is 1310. The summed E-state index contributed by atoms with van der Waals surface area (Å²) in [7, 11) is 7.59.